The molecule has 1 aromatic rings. The molecule has 1 saturated heterocycles. The Balaban J connectivity index is 1.89. The van der Waals surface area contributed by atoms with Crippen molar-refractivity contribution in [2.75, 3.05) is 0 Å². The topological polar surface area (TPSA) is 31.4 Å². The third kappa shape index (κ3) is 1.84. The van der Waals surface area contributed by atoms with E-state index < -0.39 is 0 Å². The van der Waals surface area contributed by atoms with E-state index in [4.69, 9.17) is 9.31 Å². The van der Waals surface area contributed by atoms with Crippen LogP contribution < -0.4 is 4.78 Å². The molecule has 2 fully saturated rings. The zero-order valence-electron chi connectivity index (χ0n) is 10.8. The van der Waals surface area contributed by atoms with Crippen molar-refractivity contribution in [2.24, 2.45) is 0 Å². The second-order valence-electron chi connectivity index (χ2n) is 5.96. The summed E-state index contributed by atoms with van der Waals surface area (Å²) < 4.78 is 13.3. The van der Waals surface area contributed by atoms with Crippen molar-refractivity contribution in [1.82, 2.24) is 4.98 Å². The second-order valence-corrected chi connectivity index (χ2v) is 6.85. The molecule has 1 aliphatic heterocycles. The second kappa shape index (κ2) is 3.56. The highest BCUT2D eigenvalue weighted by molar-refractivity contribution is 7.20. The largest absolute Gasteiger partial charge is 0.507 e. The molecule has 0 unspecified atom stereocenters. The van der Waals surface area contributed by atoms with Crippen molar-refractivity contribution < 1.29 is 9.31 Å². The summed E-state index contributed by atoms with van der Waals surface area (Å²) in [4.78, 5) is 4.48. The van der Waals surface area contributed by atoms with Crippen molar-refractivity contribution in [3.05, 3.63) is 11.2 Å². The average molecular weight is 251 g/mol. The van der Waals surface area contributed by atoms with Gasteiger partial charge in [-0.3, -0.25) is 0 Å². The van der Waals surface area contributed by atoms with Crippen LogP contribution in [0.1, 0.15) is 52.1 Å². The van der Waals surface area contributed by atoms with Crippen LogP contribution in [0, 0.1) is 0 Å². The van der Waals surface area contributed by atoms with E-state index in [1.54, 1.807) is 11.3 Å². The quantitative estimate of drug-likeness (QED) is 0.756. The molecule has 0 bridgehead atoms. The molecule has 1 saturated carbocycles. The van der Waals surface area contributed by atoms with Crippen LogP contribution in [0.5, 0.6) is 0 Å². The number of hydrogen-bond donors (Lipinski definition) is 0. The van der Waals surface area contributed by atoms with E-state index in [0.29, 0.717) is 5.92 Å². The Labute approximate surface area is 107 Å². The Kier molecular flexibility index (Phi) is 2.45. The number of hydrogen-bond acceptors (Lipinski definition) is 4. The molecule has 2 heterocycles. The number of thiazole rings is 1. The smallest absolute Gasteiger partial charge is 0.399 e. The van der Waals surface area contributed by atoms with Gasteiger partial charge in [0.25, 0.3) is 0 Å². The SMILES string of the molecule is CC1(C)OB(c2scnc2C2CC2)OC1(C)C. The lowest BCUT2D eigenvalue weighted by atomic mass is 9.85. The molecule has 0 amide bonds. The summed E-state index contributed by atoms with van der Waals surface area (Å²) in [6, 6.07) is 0. The first-order valence-corrected chi connectivity index (χ1v) is 7.07. The van der Waals surface area contributed by atoms with Gasteiger partial charge in [-0.1, -0.05) is 0 Å². The van der Waals surface area contributed by atoms with Crippen LogP contribution in [0.15, 0.2) is 5.51 Å². The zero-order valence-corrected chi connectivity index (χ0v) is 11.6. The fourth-order valence-corrected chi connectivity index (χ4v) is 2.88. The van der Waals surface area contributed by atoms with Gasteiger partial charge in [-0.2, -0.15) is 0 Å². The first-order valence-electron chi connectivity index (χ1n) is 6.20. The molecule has 0 spiro atoms. The van der Waals surface area contributed by atoms with Crippen LogP contribution in [0.2, 0.25) is 0 Å². The maximum atomic E-state index is 6.08. The summed E-state index contributed by atoms with van der Waals surface area (Å²) in [5, 5.41) is 0. The molecule has 5 heteroatoms. The fraction of sp³-hybridized carbons (Fsp3) is 0.750. The molecular weight excluding hydrogens is 233 g/mol. The van der Waals surface area contributed by atoms with E-state index in [1.807, 2.05) is 5.51 Å². The van der Waals surface area contributed by atoms with E-state index in [0.717, 1.165) is 0 Å². The highest BCUT2D eigenvalue weighted by atomic mass is 32.1. The predicted octanol–water partition coefficient (Wildman–Crippen LogP) is 2.32. The maximum absolute atomic E-state index is 6.08. The summed E-state index contributed by atoms with van der Waals surface area (Å²) in [5.41, 5.74) is 2.59. The molecule has 2 aliphatic rings. The molecule has 3 nitrogen and oxygen atoms in total. The van der Waals surface area contributed by atoms with Crippen LogP contribution >= 0.6 is 11.3 Å². The average Bonchev–Trinajstić information content (AvgIpc) is 2.88. The monoisotopic (exact) mass is 251 g/mol. The van der Waals surface area contributed by atoms with Gasteiger partial charge < -0.3 is 9.31 Å². The molecule has 0 N–H and O–H groups in total. The molecule has 0 atom stereocenters. The Morgan fingerprint density at radius 2 is 1.82 bits per heavy atom. The van der Waals surface area contributed by atoms with Crippen LogP contribution in [0.3, 0.4) is 0 Å². The first kappa shape index (κ1) is 11.7. The number of rotatable bonds is 2. The lowest BCUT2D eigenvalue weighted by Gasteiger charge is -2.32. The van der Waals surface area contributed by atoms with Crippen LogP contribution in [-0.2, 0) is 9.31 Å². The summed E-state index contributed by atoms with van der Waals surface area (Å²) in [5.74, 6) is 0.648. The van der Waals surface area contributed by atoms with Gasteiger partial charge in [-0.05, 0) is 40.5 Å². The van der Waals surface area contributed by atoms with Gasteiger partial charge in [-0.15, -0.1) is 11.3 Å². The van der Waals surface area contributed by atoms with Crippen molar-refractivity contribution in [2.45, 2.75) is 57.7 Å². The summed E-state index contributed by atoms with van der Waals surface area (Å²) in [6.45, 7) is 8.35. The molecule has 1 aliphatic carbocycles. The van der Waals surface area contributed by atoms with E-state index in [2.05, 4.69) is 32.7 Å². The lowest BCUT2D eigenvalue weighted by Crippen LogP contribution is -2.41. The molecule has 0 aromatic carbocycles. The Morgan fingerprint density at radius 1 is 1.24 bits per heavy atom. The van der Waals surface area contributed by atoms with E-state index in [1.165, 1.54) is 23.3 Å². The van der Waals surface area contributed by atoms with Gasteiger partial charge in [0.15, 0.2) is 0 Å². The van der Waals surface area contributed by atoms with Crippen molar-refractivity contribution >= 4 is 23.2 Å². The van der Waals surface area contributed by atoms with E-state index in [-0.39, 0.29) is 18.3 Å². The highest BCUT2D eigenvalue weighted by Gasteiger charge is 2.53. The van der Waals surface area contributed by atoms with Crippen LogP contribution in [0.25, 0.3) is 0 Å². The molecule has 92 valence electrons. The van der Waals surface area contributed by atoms with Crippen LogP contribution in [0.4, 0.5) is 0 Å². The van der Waals surface area contributed by atoms with Crippen molar-refractivity contribution in [1.29, 1.82) is 0 Å². The van der Waals surface area contributed by atoms with Gasteiger partial charge >= 0.3 is 7.12 Å². The fourth-order valence-electron chi connectivity index (χ4n) is 2.05. The minimum Gasteiger partial charge on any atom is -0.399 e. The van der Waals surface area contributed by atoms with Gasteiger partial charge in [0.1, 0.15) is 0 Å². The number of nitrogens with zero attached hydrogens (tertiary/aromatic N) is 1. The van der Waals surface area contributed by atoms with Crippen molar-refractivity contribution in [3.63, 3.8) is 0 Å². The summed E-state index contributed by atoms with van der Waals surface area (Å²) >= 11 is 1.66. The first-order chi connectivity index (χ1) is 7.91. The Bertz CT molecular complexity index is 423. The van der Waals surface area contributed by atoms with Gasteiger partial charge in [0.2, 0.25) is 0 Å². The summed E-state index contributed by atoms with van der Waals surface area (Å²) in [6.07, 6.45) is 2.52. The van der Waals surface area contributed by atoms with Crippen molar-refractivity contribution in [3.8, 4) is 0 Å². The van der Waals surface area contributed by atoms with E-state index >= 15 is 0 Å². The lowest BCUT2D eigenvalue weighted by molar-refractivity contribution is 0.00578. The van der Waals surface area contributed by atoms with Gasteiger partial charge in [0, 0.05) is 5.92 Å². The van der Waals surface area contributed by atoms with E-state index in [9.17, 15) is 0 Å². The molecule has 0 radical (unpaired) electrons. The third-order valence-electron chi connectivity index (χ3n) is 4.06. The minimum absolute atomic E-state index is 0.233. The maximum Gasteiger partial charge on any atom is 0.507 e. The number of aromatic nitrogens is 1. The highest BCUT2D eigenvalue weighted by Crippen LogP contribution is 2.41. The summed E-state index contributed by atoms with van der Waals surface area (Å²) in [7, 11) is -0.233. The van der Waals surface area contributed by atoms with Crippen LogP contribution in [-0.4, -0.2) is 23.3 Å². The third-order valence-corrected chi connectivity index (χ3v) is 4.92. The normalized spacial score (nSPS) is 26.5. The Morgan fingerprint density at radius 3 is 2.35 bits per heavy atom. The standard InChI is InChI=1S/C12H18BNO2S/c1-11(2)12(3,4)16-13(15-11)10-9(8-5-6-8)14-7-17-10/h7-8H,5-6H2,1-4H3. The minimum atomic E-state index is -0.261. The molecular formula is C12H18BNO2S. The van der Waals surface area contributed by atoms with Gasteiger partial charge in [0.05, 0.1) is 27.2 Å². The van der Waals surface area contributed by atoms with Gasteiger partial charge in [-0.25, -0.2) is 4.98 Å². The Hall–Kier alpha value is -0.385. The predicted molar refractivity (Wildman–Crippen MR) is 69.8 cm³/mol. The molecule has 3 rings (SSSR count). The molecule has 17 heavy (non-hydrogen) atoms. The molecule has 1 aromatic heterocycles. The zero-order chi connectivity index (χ0) is 12.3.